The lowest BCUT2D eigenvalue weighted by Crippen LogP contribution is -2.47. The second-order valence-electron chi connectivity index (χ2n) is 8.63. The van der Waals surface area contributed by atoms with Crippen LogP contribution in [0.1, 0.15) is 65.9 Å². The Labute approximate surface area is 171 Å². The summed E-state index contributed by atoms with van der Waals surface area (Å²) in [6.07, 6.45) is 4.11. The Morgan fingerprint density at radius 1 is 1.25 bits per heavy atom. The van der Waals surface area contributed by atoms with E-state index in [0.717, 1.165) is 36.3 Å². The first-order valence-electron chi connectivity index (χ1n) is 10.8. The van der Waals surface area contributed by atoms with Gasteiger partial charge in [0, 0.05) is 19.2 Å². The molecule has 156 valence electrons. The number of rotatable bonds is 6. The number of para-hydroxylation sites is 1. The van der Waals surface area contributed by atoms with E-state index in [1.165, 1.54) is 6.42 Å². The van der Waals surface area contributed by atoms with Crippen molar-refractivity contribution in [3.63, 3.8) is 0 Å². The number of aryl methyl sites for hydroxylation is 1. The number of hydrogen-bond donors (Lipinski definition) is 0. The van der Waals surface area contributed by atoms with Crippen LogP contribution < -0.4 is 4.90 Å². The minimum atomic E-state index is -0.412. The van der Waals surface area contributed by atoms with Gasteiger partial charge >= 0.3 is 5.97 Å². The zero-order valence-corrected chi connectivity index (χ0v) is 18.7. The summed E-state index contributed by atoms with van der Waals surface area (Å²) in [5, 5.41) is 0. The van der Waals surface area contributed by atoms with Crippen LogP contribution in [0.3, 0.4) is 0 Å². The largest absolute Gasteiger partial charge is 0.461 e. The Balaban J connectivity index is 2.27. The van der Waals surface area contributed by atoms with Crippen LogP contribution in [0, 0.1) is 24.7 Å². The van der Waals surface area contributed by atoms with Crippen LogP contribution in [0.5, 0.6) is 0 Å². The molecule has 0 aliphatic heterocycles. The summed E-state index contributed by atoms with van der Waals surface area (Å²) >= 11 is 0. The molecule has 4 heteroatoms. The Bertz CT molecular complexity index is 683. The summed E-state index contributed by atoms with van der Waals surface area (Å²) in [5.41, 5.74) is 2.15. The number of esters is 1. The topological polar surface area (TPSA) is 41.9 Å². The Morgan fingerprint density at radius 2 is 1.93 bits per heavy atom. The lowest BCUT2D eigenvalue weighted by molar-refractivity contribution is -0.156. The van der Waals surface area contributed by atoms with Gasteiger partial charge in [0.1, 0.15) is 18.0 Å². The summed E-state index contributed by atoms with van der Waals surface area (Å²) in [6.45, 7) is 12.8. The molecule has 0 bridgehead atoms. The molecule has 0 aromatic heterocycles. The average Bonchev–Trinajstić information content (AvgIpc) is 2.66. The predicted octanol–water partition coefficient (Wildman–Crippen LogP) is 5.63. The molecule has 1 fully saturated rings. The van der Waals surface area contributed by atoms with E-state index in [2.05, 4.69) is 51.7 Å². The number of carbonyl (C=O) groups excluding carboxylic acids is 1. The molecule has 28 heavy (non-hydrogen) atoms. The first kappa shape index (κ1) is 22.4. The molecular weight excluding hydrogens is 348 g/mol. The van der Waals surface area contributed by atoms with Crippen molar-refractivity contribution in [2.45, 2.75) is 79.4 Å². The molecule has 0 amide bonds. The second-order valence-corrected chi connectivity index (χ2v) is 8.63. The van der Waals surface area contributed by atoms with E-state index in [1.807, 2.05) is 24.0 Å². The van der Waals surface area contributed by atoms with Gasteiger partial charge in [-0.3, -0.25) is 4.99 Å². The molecule has 0 radical (unpaired) electrons. The van der Waals surface area contributed by atoms with Crippen molar-refractivity contribution < 1.29 is 9.53 Å². The van der Waals surface area contributed by atoms with E-state index in [9.17, 15) is 4.79 Å². The molecular formula is C24H38N2O2. The van der Waals surface area contributed by atoms with E-state index in [4.69, 9.17) is 4.74 Å². The maximum atomic E-state index is 13.2. The number of aliphatic imine (C=N–C) groups is 1. The minimum absolute atomic E-state index is 0.0149. The van der Waals surface area contributed by atoms with E-state index in [0.29, 0.717) is 17.8 Å². The van der Waals surface area contributed by atoms with Gasteiger partial charge in [-0.05, 0) is 56.1 Å². The molecule has 0 heterocycles. The number of carbonyl (C=O) groups is 1. The summed E-state index contributed by atoms with van der Waals surface area (Å²) in [4.78, 5) is 19.7. The molecule has 2 rings (SSSR count). The molecule has 0 spiro atoms. The molecule has 1 aromatic carbocycles. The lowest BCUT2D eigenvalue weighted by Gasteiger charge is -2.38. The first-order chi connectivity index (χ1) is 13.3. The van der Waals surface area contributed by atoms with Crippen molar-refractivity contribution in [3.05, 3.63) is 29.8 Å². The van der Waals surface area contributed by atoms with Crippen LogP contribution in [0.15, 0.2) is 29.3 Å². The van der Waals surface area contributed by atoms with Crippen LogP contribution in [-0.2, 0) is 9.53 Å². The fourth-order valence-corrected chi connectivity index (χ4v) is 4.44. The van der Waals surface area contributed by atoms with Gasteiger partial charge in [0.05, 0.1) is 0 Å². The van der Waals surface area contributed by atoms with Gasteiger partial charge in [-0.1, -0.05) is 52.3 Å². The number of ether oxygens (including phenoxy) is 1. The van der Waals surface area contributed by atoms with Crippen LogP contribution >= 0.6 is 0 Å². The molecule has 4 atom stereocenters. The summed E-state index contributed by atoms with van der Waals surface area (Å²) in [6, 6.07) is 7.74. The monoisotopic (exact) mass is 386 g/mol. The van der Waals surface area contributed by atoms with Gasteiger partial charge in [0.2, 0.25) is 0 Å². The number of amidine groups is 1. The Kier molecular flexibility index (Phi) is 8.09. The van der Waals surface area contributed by atoms with Crippen LogP contribution in [0.2, 0.25) is 0 Å². The standard InChI is InChI=1S/C24H38N2O2/c1-8-23(25-7)26(21-12-10-9-11-18(21)5)19(6)24(27)28-22-15-17(4)13-14-20(22)16(2)3/h9-12,16-17,19-20,22H,8,13-15H2,1-7H3/b25-23+/t17-,19-,20+,22+/m1/s1. The molecule has 4 nitrogen and oxygen atoms in total. The molecule has 1 saturated carbocycles. The highest BCUT2D eigenvalue weighted by Crippen LogP contribution is 2.36. The van der Waals surface area contributed by atoms with E-state index in [1.54, 1.807) is 7.05 Å². The van der Waals surface area contributed by atoms with Gasteiger partial charge in [-0.25, -0.2) is 4.79 Å². The zero-order chi connectivity index (χ0) is 20.8. The van der Waals surface area contributed by atoms with Crippen LogP contribution in [0.25, 0.3) is 0 Å². The van der Waals surface area contributed by atoms with Gasteiger partial charge in [-0.15, -0.1) is 0 Å². The SMILES string of the molecule is CC/C(=N\C)N(c1ccccc1C)[C@H](C)C(=O)O[C@H]1C[C@H](C)CC[C@H]1C(C)C. The van der Waals surface area contributed by atoms with E-state index < -0.39 is 6.04 Å². The highest BCUT2D eigenvalue weighted by molar-refractivity contribution is 6.03. The van der Waals surface area contributed by atoms with Gasteiger partial charge in [0.25, 0.3) is 0 Å². The van der Waals surface area contributed by atoms with Crippen LogP contribution in [-0.4, -0.2) is 31.0 Å². The number of hydrogen-bond acceptors (Lipinski definition) is 3. The van der Waals surface area contributed by atoms with Crippen molar-refractivity contribution in [2.24, 2.45) is 22.7 Å². The summed E-state index contributed by atoms with van der Waals surface area (Å²) < 4.78 is 6.14. The Hall–Kier alpha value is -1.84. The number of anilines is 1. The van der Waals surface area contributed by atoms with E-state index in [-0.39, 0.29) is 12.1 Å². The van der Waals surface area contributed by atoms with Crippen molar-refractivity contribution in [3.8, 4) is 0 Å². The summed E-state index contributed by atoms with van der Waals surface area (Å²) in [7, 11) is 1.79. The third-order valence-electron chi connectivity index (χ3n) is 6.18. The average molecular weight is 387 g/mol. The maximum absolute atomic E-state index is 13.2. The zero-order valence-electron chi connectivity index (χ0n) is 18.7. The number of benzene rings is 1. The number of nitrogens with zero attached hydrogens (tertiary/aromatic N) is 2. The van der Waals surface area contributed by atoms with Crippen molar-refractivity contribution in [2.75, 3.05) is 11.9 Å². The predicted molar refractivity (Wildman–Crippen MR) is 118 cm³/mol. The molecule has 0 N–H and O–H groups in total. The first-order valence-corrected chi connectivity index (χ1v) is 10.8. The Morgan fingerprint density at radius 3 is 2.50 bits per heavy atom. The van der Waals surface area contributed by atoms with Crippen LogP contribution in [0.4, 0.5) is 5.69 Å². The molecule has 1 aromatic rings. The van der Waals surface area contributed by atoms with Gasteiger partial charge in [-0.2, -0.15) is 0 Å². The second kappa shape index (κ2) is 10.1. The normalized spacial score (nSPS) is 24.1. The fraction of sp³-hybridized carbons (Fsp3) is 0.667. The van der Waals surface area contributed by atoms with Crippen molar-refractivity contribution >= 4 is 17.5 Å². The highest BCUT2D eigenvalue weighted by Gasteiger charge is 2.36. The molecule has 0 saturated heterocycles. The maximum Gasteiger partial charge on any atom is 0.329 e. The van der Waals surface area contributed by atoms with E-state index >= 15 is 0 Å². The third kappa shape index (κ3) is 5.15. The van der Waals surface area contributed by atoms with Gasteiger partial charge < -0.3 is 9.64 Å². The molecule has 1 aliphatic carbocycles. The minimum Gasteiger partial charge on any atom is -0.461 e. The van der Waals surface area contributed by atoms with Gasteiger partial charge in [0.15, 0.2) is 0 Å². The third-order valence-corrected chi connectivity index (χ3v) is 6.18. The smallest absolute Gasteiger partial charge is 0.329 e. The van der Waals surface area contributed by atoms with Crippen molar-refractivity contribution in [1.29, 1.82) is 0 Å². The van der Waals surface area contributed by atoms with Crippen molar-refractivity contribution in [1.82, 2.24) is 0 Å². The quantitative estimate of drug-likeness (QED) is 0.361. The fourth-order valence-electron chi connectivity index (χ4n) is 4.44. The molecule has 0 unspecified atom stereocenters. The lowest BCUT2D eigenvalue weighted by atomic mass is 9.75. The molecule has 1 aliphatic rings. The highest BCUT2D eigenvalue weighted by atomic mass is 16.5. The summed E-state index contributed by atoms with van der Waals surface area (Å²) in [5.74, 6) is 2.33.